The molecular formula is C21H36ClN3O2. The molecule has 1 rings (SSSR count). The molecule has 0 saturated heterocycles. The molecule has 1 aromatic carbocycles. The molecular weight excluding hydrogens is 362 g/mol. The van der Waals surface area contributed by atoms with E-state index < -0.39 is 0 Å². The van der Waals surface area contributed by atoms with Gasteiger partial charge in [-0.05, 0) is 49.8 Å². The zero-order valence-corrected chi connectivity index (χ0v) is 17.6. The fourth-order valence-corrected chi connectivity index (χ4v) is 3.15. The van der Waals surface area contributed by atoms with Crippen LogP contribution >= 0.6 is 11.6 Å². The van der Waals surface area contributed by atoms with Crippen molar-refractivity contribution in [1.29, 1.82) is 0 Å². The molecule has 0 radical (unpaired) electrons. The Morgan fingerprint density at radius 2 is 2.00 bits per heavy atom. The number of rotatable bonds is 14. The van der Waals surface area contributed by atoms with E-state index in [9.17, 15) is 4.79 Å². The number of nitrogens with two attached hydrogens (primary N) is 1. The van der Waals surface area contributed by atoms with Crippen molar-refractivity contribution < 1.29 is 9.53 Å². The minimum Gasteiger partial charge on any atom is -0.385 e. The van der Waals surface area contributed by atoms with Crippen molar-refractivity contribution in [3.63, 3.8) is 0 Å². The van der Waals surface area contributed by atoms with E-state index in [-0.39, 0.29) is 12.1 Å². The van der Waals surface area contributed by atoms with Crippen LogP contribution in [0.3, 0.4) is 0 Å². The number of carbonyl (C=O) groups is 1. The minimum absolute atomic E-state index is 0.0163. The highest BCUT2D eigenvalue weighted by atomic mass is 35.5. The lowest BCUT2D eigenvalue weighted by molar-refractivity contribution is 0.191. The van der Waals surface area contributed by atoms with Gasteiger partial charge in [0.1, 0.15) is 0 Å². The Hall–Kier alpha value is -1.30. The van der Waals surface area contributed by atoms with Gasteiger partial charge in [-0.1, -0.05) is 43.0 Å². The number of aryl methyl sites for hydroxylation is 1. The van der Waals surface area contributed by atoms with E-state index in [1.54, 1.807) is 12.0 Å². The van der Waals surface area contributed by atoms with Crippen LogP contribution in [0.25, 0.3) is 0 Å². The summed E-state index contributed by atoms with van der Waals surface area (Å²) in [5, 5.41) is 3.72. The average Bonchev–Trinajstić information content (AvgIpc) is 2.65. The molecule has 0 fully saturated rings. The molecule has 0 aliphatic heterocycles. The van der Waals surface area contributed by atoms with Gasteiger partial charge in [0, 0.05) is 44.9 Å². The lowest BCUT2D eigenvalue weighted by Gasteiger charge is -2.20. The van der Waals surface area contributed by atoms with Gasteiger partial charge in [0.2, 0.25) is 0 Å². The zero-order valence-electron chi connectivity index (χ0n) is 16.9. The monoisotopic (exact) mass is 397 g/mol. The molecule has 0 heterocycles. The van der Waals surface area contributed by atoms with Crippen LogP contribution in [0.4, 0.5) is 4.79 Å². The second kappa shape index (κ2) is 14.7. The highest BCUT2D eigenvalue weighted by Gasteiger charge is 2.10. The molecule has 2 amide bonds. The van der Waals surface area contributed by atoms with Crippen molar-refractivity contribution >= 4 is 17.6 Å². The molecule has 5 nitrogen and oxygen atoms in total. The second-order valence-electron chi connectivity index (χ2n) is 7.15. The number of urea groups is 1. The van der Waals surface area contributed by atoms with Gasteiger partial charge >= 0.3 is 6.03 Å². The molecule has 6 heteroatoms. The Morgan fingerprint density at radius 1 is 1.22 bits per heavy atom. The first-order chi connectivity index (χ1) is 13.0. The summed E-state index contributed by atoms with van der Waals surface area (Å²) in [4.78, 5) is 13.9. The molecule has 0 aliphatic carbocycles. The SMILES string of the molecule is COCCCCCC(N)CNC(=O)N(C)CCCCCc1cccc(Cl)c1. The van der Waals surface area contributed by atoms with Gasteiger partial charge in [-0.25, -0.2) is 4.79 Å². The van der Waals surface area contributed by atoms with Gasteiger partial charge in [0.15, 0.2) is 0 Å². The van der Waals surface area contributed by atoms with Crippen molar-refractivity contribution in [2.75, 3.05) is 33.9 Å². The second-order valence-corrected chi connectivity index (χ2v) is 7.59. The van der Waals surface area contributed by atoms with Gasteiger partial charge in [0.05, 0.1) is 0 Å². The number of benzene rings is 1. The number of hydrogen-bond acceptors (Lipinski definition) is 3. The van der Waals surface area contributed by atoms with Crippen molar-refractivity contribution in [3.05, 3.63) is 34.9 Å². The van der Waals surface area contributed by atoms with Crippen LogP contribution in [0.15, 0.2) is 24.3 Å². The maximum Gasteiger partial charge on any atom is 0.317 e. The number of hydrogen-bond donors (Lipinski definition) is 2. The summed E-state index contributed by atoms with van der Waals surface area (Å²) in [7, 11) is 3.56. The molecule has 27 heavy (non-hydrogen) atoms. The summed E-state index contributed by atoms with van der Waals surface area (Å²) < 4.78 is 5.03. The predicted octanol–water partition coefficient (Wildman–Crippen LogP) is 4.23. The van der Waals surface area contributed by atoms with Crippen LogP contribution in [-0.4, -0.2) is 50.8 Å². The largest absolute Gasteiger partial charge is 0.385 e. The number of halogens is 1. The third kappa shape index (κ3) is 11.9. The zero-order chi connectivity index (χ0) is 19.9. The minimum atomic E-state index is -0.0420. The third-order valence-corrected chi connectivity index (χ3v) is 4.87. The van der Waals surface area contributed by atoms with Crippen molar-refractivity contribution in [2.24, 2.45) is 5.73 Å². The van der Waals surface area contributed by atoms with E-state index in [2.05, 4.69) is 11.4 Å². The third-order valence-electron chi connectivity index (χ3n) is 4.63. The smallest absolute Gasteiger partial charge is 0.317 e. The Bertz CT molecular complexity index is 528. The lowest BCUT2D eigenvalue weighted by Crippen LogP contribution is -2.43. The normalized spacial score (nSPS) is 12.0. The summed E-state index contributed by atoms with van der Waals surface area (Å²) in [6.45, 7) is 2.09. The first-order valence-corrected chi connectivity index (χ1v) is 10.4. The summed E-state index contributed by atoms with van der Waals surface area (Å²) in [5.74, 6) is 0. The highest BCUT2D eigenvalue weighted by molar-refractivity contribution is 6.30. The van der Waals surface area contributed by atoms with Gasteiger partial charge in [0.25, 0.3) is 0 Å². The topological polar surface area (TPSA) is 67.6 Å². The lowest BCUT2D eigenvalue weighted by atomic mass is 10.1. The maximum absolute atomic E-state index is 12.1. The Labute approximate surface area is 169 Å². The number of methoxy groups -OCH3 is 1. The van der Waals surface area contributed by atoms with Crippen molar-refractivity contribution in [2.45, 2.75) is 57.4 Å². The first-order valence-electron chi connectivity index (χ1n) is 10.0. The fraction of sp³-hybridized carbons (Fsp3) is 0.667. The van der Waals surface area contributed by atoms with Crippen LogP contribution in [0, 0.1) is 0 Å². The number of carbonyl (C=O) groups excluding carboxylic acids is 1. The van der Waals surface area contributed by atoms with Gasteiger partial charge in [-0.2, -0.15) is 0 Å². The molecule has 1 aromatic rings. The van der Waals surface area contributed by atoms with E-state index in [4.69, 9.17) is 22.1 Å². The van der Waals surface area contributed by atoms with Crippen LogP contribution in [0.2, 0.25) is 5.02 Å². The van der Waals surface area contributed by atoms with Crippen LogP contribution in [-0.2, 0) is 11.2 Å². The summed E-state index contributed by atoms with van der Waals surface area (Å²) in [5.41, 5.74) is 7.34. The highest BCUT2D eigenvalue weighted by Crippen LogP contribution is 2.13. The average molecular weight is 398 g/mol. The molecule has 0 aliphatic rings. The van der Waals surface area contributed by atoms with Gasteiger partial charge in [-0.3, -0.25) is 0 Å². The number of nitrogens with one attached hydrogen (secondary N) is 1. The van der Waals surface area contributed by atoms with Crippen molar-refractivity contribution in [1.82, 2.24) is 10.2 Å². The van der Waals surface area contributed by atoms with E-state index in [0.29, 0.717) is 6.54 Å². The number of unbranched alkanes of at least 4 members (excludes halogenated alkanes) is 4. The first kappa shape index (κ1) is 23.7. The number of nitrogens with zero attached hydrogens (tertiary/aromatic N) is 1. The van der Waals surface area contributed by atoms with Crippen molar-refractivity contribution in [3.8, 4) is 0 Å². The van der Waals surface area contributed by atoms with E-state index in [1.807, 2.05) is 25.2 Å². The number of ether oxygens (including phenoxy) is 1. The molecule has 154 valence electrons. The number of amides is 2. The summed E-state index contributed by atoms with van der Waals surface area (Å²) in [6.07, 6.45) is 8.39. The Morgan fingerprint density at radius 3 is 2.74 bits per heavy atom. The van der Waals surface area contributed by atoms with Crippen LogP contribution < -0.4 is 11.1 Å². The van der Waals surface area contributed by atoms with E-state index >= 15 is 0 Å². The Balaban J connectivity index is 2.05. The maximum atomic E-state index is 12.1. The van der Waals surface area contributed by atoms with E-state index in [1.165, 1.54) is 5.56 Å². The molecule has 1 unspecified atom stereocenters. The molecule has 0 spiro atoms. The predicted molar refractivity (Wildman–Crippen MR) is 113 cm³/mol. The summed E-state index contributed by atoms with van der Waals surface area (Å²) >= 11 is 6.00. The van der Waals surface area contributed by atoms with Crippen LogP contribution in [0.5, 0.6) is 0 Å². The van der Waals surface area contributed by atoms with E-state index in [0.717, 1.165) is 69.5 Å². The molecule has 0 bridgehead atoms. The summed E-state index contributed by atoms with van der Waals surface area (Å²) in [6, 6.07) is 7.97. The Kier molecular flexibility index (Phi) is 12.9. The van der Waals surface area contributed by atoms with Crippen LogP contribution in [0.1, 0.15) is 50.5 Å². The van der Waals surface area contributed by atoms with Gasteiger partial charge in [-0.15, -0.1) is 0 Å². The fourth-order valence-electron chi connectivity index (χ4n) is 2.93. The molecule has 3 N–H and O–H groups in total. The molecule has 1 atom stereocenters. The molecule has 0 aromatic heterocycles. The quantitative estimate of drug-likeness (QED) is 0.461. The standard InChI is InChI=1S/C21H36ClN3O2/c1-25(14-7-3-5-10-18-11-9-12-19(22)16-18)21(26)24-17-20(23)13-6-4-8-15-27-2/h9,11-12,16,20H,3-8,10,13-15,17,23H2,1-2H3,(H,24,26). The molecule has 0 saturated carbocycles. The van der Waals surface area contributed by atoms with Gasteiger partial charge < -0.3 is 20.7 Å².